The number of hydrogen-bond acceptors (Lipinski definition) is 5. The van der Waals surface area contributed by atoms with Crippen LogP contribution >= 0.6 is 0 Å². The quantitative estimate of drug-likeness (QED) is 0.748. The molecule has 21 heavy (non-hydrogen) atoms. The summed E-state index contributed by atoms with van der Waals surface area (Å²) in [6.07, 6.45) is 3.00. The van der Waals surface area contributed by atoms with Gasteiger partial charge in [0.25, 0.3) is 0 Å². The zero-order valence-corrected chi connectivity index (χ0v) is 11.8. The number of nitrogens with zero attached hydrogens (tertiary/aromatic N) is 2. The summed E-state index contributed by atoms with van der Waals surface area (Å²) in [5, 5.41) is 6.13. The largest absolute Gasteiger partial charge is 0.397 e. The Morgan fingerprint density at radius 2 is 2.24 bits per heavy atom. The van der Waals surface area contributed by atoms with Crippen molar-refractivity contribution < 1.29 is 4.79 Å². The van der Waals surface area contributed by atoms with Crippen LogP contribution in [0.3, 0.4) is 0 Å². The number of carbonyl (C=O) groups is 1. The molecule has 6 heteroatoms. The lowest BCUT2D eigenvalue weighted by atomic mass is 10.0. The van der Waals surface area contributed by atoms with Crippen LogP contribution in [0.4, 0.5) is 17.1 Å². The summed E-state index contributed by atoms with van der Waals surface area (Å²) in [5.41, 5.74) is 10.3. The second-order valence-corrected chi connectivity index (χ2v) is 5.09. The minimum absolute atomic E-state index is 0.0408. The minimum Gasteiger partial charge on any atom is -0.397 e. The molecule has 0 bridgehead atoms. The molecule has 0 atom stereocenters. The van der Waals surface area contributed by atoms with Gasteiger partial charge in [-0.05, 0) is 37.1 Å². The summed E-state index contributed by atoms with van der Waals surface area (Å²) in [6, 6.07) is 5.67. The maximum Gasteiger partial charge on any atom is 0.224 e. The van der Waals surface area contributed by atoms with Crippen molar-refractivity contribution in [3.8, 4) is 0 Å². The monoisotopic (exact) mass is 283 g/mol. The molecule has 3 rings (SSSR count). The van der Waals surface area contributed by atoms with Crippen molar-refractivity contribution in [1.82, 2.24) is 9.97 Å². The third-order valence-corrected chi connectivity index (χ3v) is 3.46. The average molecular weight is 283 g/mol. The molecule has 6 nitrogen and oxygen atoms in total. The molecule has 4 N–H and O–H groups in total. The molecule has 1 aromatic heterocycles. The van der Waals surface area contributed by atoms with Gasteiger partial charge in [-0.25, -0.2) is 9.97 Å². The fourth-order valence-electron chi connectivity index (χ4n) is 2.39. The first kappa shape index (κ1) is 13.4. The average Bonchev–Trinajstić information content (AvgIpc) is 2.45. The molecule has 1 aromatic carbocycles. The Hall–Kier alpha value is -2.63. The number of amides is 1. The highest BCUT2D eigenvalue weighted by molar-refractivity contribution is 5.95. The van der Waals surface area contributed by atoms with E-state index in [0.717, 1.165) is 34.9 Å². The molecule has 1 aliphatic heterocycles. The molecule has 0 saturated heterocycles. The van der Waals surface area contributed by atoms with E-state index in [0.29, 0.717) is 18.7 Å². The summed E-state index contributed by atoms with van der Waals surface area (Å²) in [5.74, 6) is 0.787. The highest BCUT2D eigenvalue weighted by Gasteiger charge is 2.16. The topological polar surface area (TPSA) is 92.9 Å². The molecule has 108 valence electrons. The van der Waals surface area contributed by atoms with E-state index < -0.39 is 0 Å². The smallest absolute Gasteiger partial charge is 0.224 e. The molecule has 1 amide bonds. The highest BCUT2D eigenvalue weighted by atomic mass is 16.1. The molecule has 1 aliphatic rings. The van der Waals surface area contributed by atoms with Crippen LogP contribution in [0.5, 0.6) is 0 Å². The molecule has 2 aromatic rings. The van der Waals surface area contributed by atoms with Crippen LogP contribution in [0.2, 0.25) is 0 Å². The summed E-state index contributed by atoms with van der Waals surface area (Å²) in [7, 11) is 0. The predicted molar refractivity (Wildman–Crippen MR) is 81.9 cm³/mol. The zero-order valence-electron chi connectivity index (χ0n) is 11.8. The zero-order chi connectivity index (χ0) is 14.8. The summed E-state index contributed by atoms with van der Waals surface area (Å²) in [4.78, 5) is 19.8. The maximum atomic E-state index is 11.4. The van der Waals surface area contributed by atoms with Gasteiger partial charge in [-0.1, -0.05) is 0 Å². The van der Waals surface area contributed by atoms with Crippen molar-refractivity contribution in [2.24, 2.45) is 0 Å². The first-order chi connectivity index (χ1) is 10.1. The third-order valence-electron chi connectivity index (χ3n) is 3.46. The van der Waals surface area contributed by atoms with Crippen LogP contribution in [0.25, 0.3) is 0 Å². The first-order valence-corrected chi connectivity index (χ1v) is 6.86. The van der Waals surface area contributed by atoms with Crippen LogP contribution in [0.1, 0.15) is 23.5 Å². The van der Waals surface area contributed by atoms with E-state index in [4.69, 9.17) is 5.73 Å². The van der Waals surface area contributed by atoms with E-state index >= 15 is 0 Å². The number of benzene rings is 1. The second-order valence-electron chi connectivity index (χ2n) is 5.09. The molecule has 0 saturated carbocycles. The van der Waals surface area contributed by atoms with Gasteiger partial charge in [0.1, 0.15) is 5.82 Å². The SMILES string of the molecule is Cc1nccc(CNc2cc3c(cc2N)NC(=O)CC3)n1. The lowest BCUT2D eigenvalue weighted by Gasteiger charge is -2.19. The standard InChI is InChI=1S/C15H17N5O/c1-9-17-5-4-11(19-9)8-18-14-6-10-2-3-15(21)20-13(10)7-12(14)16/h4-7,18H,2-3,8,16H2,1H3,(H,20,21). The Balaban J connectivity index is 1.78. The highest BCUT2D eigenvalue weighted by Crippen LogP contribution is 2.31. The lowest BCUT2D eigenvalue weighted by molar-refractivity contribution is -0.116. The van der Waals surface area contributed by atoms with E-state index in [9.17, 15) is 4.79 Å². The van der Waals surface area contributed by atoms with Gasteiger partial charge in [0, 0.05) is 18.3 Å². The van der Waals surface area contributed by atoms with Gasteiger partial charge < -0.3 is 16.4 Å². The Labute approximate surface area is 122 Å². The van der Waals surface area contributed by atoms with E-state index in [1.807, 2.05) is 19.1 Å². The van der Waals surface area contributed by atoms with Crippen LogP contribution in [-0.2, 0) is 17.8 Å². The summed E-state index contributed by atoms with van der Waals surface area (Å²) < 4.78 is 0. The van der Waals surface area contributed by atoms with Crippen LogP contribution in [0.15, 0.2) is 24.4 Å². The van der Waals surface area contributed by atoms with Gasteiger partial charge in [-0.15, -0.1) is 0 Å². The van der Waals surface area contributed by atoms with Crippen molar-refractivity contribution in [1.29, 1.82) is 0 Å². The maximum absolute atomic E-state index is 11.4. The van der Waals surface area contributed by atoms with E-state index in [2.05, 4.69) is 20.6 Å². The van der Waals surface area contributed by atoms with Gasteiger partial charge in [0.15, 0.2) is 0 Å². The van der Waals surface area contributed by atoms with Gasteiger partial charge in [-0.2, -0.15) is 0 Å². The van der Waals surface area contributed by atoms with Gasteiger partial charge in [0.2, 0.25) is 5.91 Å². The fourth-order valence-corrected chi connectivity index (χ4v) is 2.39. The molecule has 0 fully saturated rings. The number of aryl methyl sites for hydroxylation is 2. The number of nitrogens with one attached hydrogen (secondary N) is 2. The number of carbonyl (C=O) groups excluding carboxylic acids is 1. The molecular formula is C15H17N5O. The van der Waals surface area contributed by atoms with Crippen molar-refractivity contribution >= 4 is 23.0 Å². The van der Waals surface area contributed by atoms with Crippen LogP contribution < -0.4 is 16.4 Å². The number of aromatic nitrogens is 2. The van der Waals surface area contributed by atoms with E-state index in [1.54, 1.807) is 12.3 Å². The number of hydrogen-bond donors (Lipinski definition) is 3. The summed E-state index contributed by atoms with van der Waals surface area (Å²) in [6.45, 7) is 2.44. The van der Waals surface area contributed by atoms with Crippen LogP contribution in [0, 0.1) is 6.92 Å². The van der Waals surface area contributed by atoms with Crippen LogP contribution in [-0.4, -0.2) is 15.9 Å². The predicted octanol–water partition coefficient (Wildman–Crippen LogP) is 1.86. The number of anilines is 3. The van der Waals surface area contributed by atoms with Gasteiger partial charge >= 0.3 is 0 Å². The third kappa shape index (κ3) is 2.94. The molecule has 0 aliphatic carbocycles. The van der Waals surface area contributed by atoms with E-state index in [1.165, 1.54) is 0 Å². The van der Waals surface area contributed by atoms with E-state index in [-0.39, 0.29) is 5.91 Å². The number of nitrogen functional groups attached to an aromatic ring is 1. The number of fused-ring (bicyclic) bond motifs is 1. The number of rotatable bonds is 3. The van der Waals surface area contributed by atoms with Crippen molar-refractivity contribution in [2.75, 3.05) is 16.4 Å². The Kier molecular flexibility index (Phi) is 3.43. The summed E-state index contributed by atoms with van der Waals surface area (Å²) >= 11 is 0. The molecule has 0 spiro atoms. The van der Waals surface area contributed by atoms with Gasteiger partial charge in [0.05, 0.1) is 23.6 Å². The normalized spacial score (nSPS) is 13.5. The number of nitrogens with two attached hydrogens (primary N) is 1. The molecule has 0 radical (unpaired) electrons. The first-order valence-electron chi connectivity index (χ1n) is 6.86. The Morgan fingerprint density at radius 3 is 3.05 bits per heavy atom. The van der Waals surface area contributed by atoms with Crippen molar-refractivity contribution in [3.63, 3.8) is 0 Å². The molecule has 2 heterocycles. The van der Waals surface area contributed by atoms with Gasteiger partial charge in [-0.3, -0.25) is 4.79 Å². The van der Waals surface area contributed by atoms with Crippen molar-refractivity contribution in [3.05, 3.63) is 41.5 Å². The van der Waals surface area contributed by atoms with Crippen molar-refractivity contribution in [2.45, 2.75) is 26.3 Å². The minimum atomic E-state index is 0.0408. The lowest BCUT2D eigenvalue weighted by Crippen LogP contribution is -2.19. The molecular weight excluding hydrogens is 266 g/mol. The Morgan fingerprint density at radius 1 is 1.38 bits per heavy atom. The second kappa shape index (κ2) is 5.40. The molecule has 0 unspecified atom stereocenters. The Bertz CT molecular complexity index is 698. The fraction of sp³-hybridized carbons (Fsp3) is 0.267.